The highest BCUT2D eigenvalue weighted by molar-refractivity contribution is 5.71. The van der Waals surface area contributed by atoms with Gasteiger partial charge in [0.1, 0.15) is 13.2 Å². The molecular weight excluding hydrogens is 757 g/mol. The van der Waals surface area contributed by atoms with Gasteiger partial charge in [0, 0.05) is 19.3 Å². The fourth-order valence-corrected chi connectivity index (χ4v) is 6.69. The average Bonchev–Trinajstić information content (AvgIpc) is 3.26. The molecule has 0 N–H and O–H groups in total. The molecule has 1 atom stereocenters. The number of allylic oxidation sites excluding steroid dienone is 14. The van der Waals surface area contributed by atoms with Gasteiger partial charge < -0.3 is 14.2 Å². The molecule has 0 aliphatic heterocycles. The largest absolute Gasteiger partial charge is 0.462 e. The van der Waals surface area contributed by atoms with Crippen LogP contribution in [0.5, 0.6) is 0 Å². The van der Waals surface area contributed by atoms with E-state index in [1.165, 1.54) is 77.0 Å². The van der Waals surface area contributed by atoms with Crippen molar-refractivity contribution in [2.75, 3.05) is 13.2 Å². The normalized spacial score (nSPS) is 12.8. The second-order valence-corrected chi connectivity index (χ2v) is 16.4. The fraction of sp³-hybridized carbons (Fsp3) is 0.691. The van der Waals surface area contributed by atoms with Crippen LogP contribution in [-0.2, 0) is 28.6 Å². The third-order valence-corrected chi connectivity index (χ3v) is 10.4. The van der Waals surface area contributed by atoms with E-state index in [1.807, 2.05) is 0 Å². The van der Waals surface area contributed by atoms with Gasteiger partial charge in [-0.2, -0.15) is 0 Å². The van der Waals surface area contributed by atoms with E-state index in [-0.39, 0.29) is 31.1 Å². The van der Waals surface area contributed by atoms with Crippen molar-refractivity contribution in [1.29, 1.82) is 0 Å². The van der Waals surface area contributed by atoms with Gasteiger partial charge in [-0.15, -0.1) is 0 Å². The Morgan fingerprint density at radius 2 is 0.721 bits per heavy atom. The minimum Gasteiger partial charge on any atom is -0.462 e. The van der Waals surface area contributed by atoms with Crippen molar-refractivity contribution in [3.63, 3.8) is 0 Å². The van der Waals surface area contributed by atoms with Gasteiger partial charge in [-0.25, -0.2) is 0 Å². The Hall–Kier alpha value is -3.41. The predicted molar refractivity (Wildman–Crippen MR) is 261 cm³/mol. The Kier molecular flexibility index (Phi) is 46.5. The maximum absolute atomic E-state index is 12.8. The van der Waals surface area contributed by atoms with Crippen LogP contribution in [0.15, 0.2) is 85.1 Å². The molecule has 0 radical (unpaired) electrons. The topological polar surface area (TPSA) is 78.9 Å². The van der Waals surface area contributed by atoms with Gasteiger partial charge in [0.25, 0.3) is 0 Å². The summed E-state index contributed by atoms with van der Waals surface area (Å²) in [4.78, 5) is 37.9. The fourth-order valence-electron chi connectivity index (χ4n) is 6.69. The zero-order chi connectivity index (χ0) is 44.4. The van der Waals surface area contributed by atoms with E-state index in [0.717, 1.165) is 109 Å². The van der Waals surface area contributed by atoms with Gasteiger partial charge in [0.15, 0.2) is 6.10 Å². The summed E-state index contributed by atoms with van der Waals surface area (Å²) in [6, 6.07) is 0. The second-order valence-electron chi connectivity index (χ2n) is 16.4. The van der Waals surface area contributed by atoms with Crippen molar-refractivity contribution < 1.29 is 28.6 Å². The summed E-state index contributed by atoms with van der Waals surface area (Å²) in [5.74, 6) is -0.975. The molecule has 0 rings (SSSR count). The molecule has 348 valence electrons. The summed E-state index contributed by atoms with van der Waals surface area (Å²) in [6.07, 6.45) is 62.9. The summed E-state index contributed by atoms with van der Waals surface area (Å²) in [7, 11) is 0. The summed E-state index contributed by atoms with van der Waals surface area (Å²) in [5, 5.41) is 0. The highest BCUT2D eigenvalue weighted by atomic mass is 16.6. The van der Waals surface area contributed by atoms with Crippen molar-refractivity contribution in [3.8, 4) is 0 Å². The highest BCUT2D eigenvalue weighted by Crippen LogP contribution is 2.14. The van der Waals surface area contributed by atoms with Crippen LogP contribution in [0.4, 0.5) is 0 Å². The van der Waals surface area contributed by atoms with E-state index in [1.54, 1.807) is 0 Å². The first-order valence-corrected chi connectivity index (χ1v) is 25.1. The Balaban J connectivity index is 4.43. The van der Waals surface area contributed by atoms with E-state index >= 15 is 0 Å². The number of ether oxygens (including phenoxy) is 3. The number of esters is 3. The maximum atomic E-state index is 12.8. The van der Waals surface area contributed by atoms with Crippen LogP contribution in [0.25, 0.3) is 0 Å². The van der Waals surface area contributed by atoms with Gasteiger partial charge in [0.2, 0.25) is 0 Å². The van der Waals surface area contributed by atoms with Crippen molar-refractivity contribution >= 4 is 17.9 Å². The lowest BCUT2D eigenvalue weighted by Crippen LogP contribution is -2.30. The van der Waals surface area contributed by atoms with E-state index in [2.05, 4.69) is 106 Å². The van der Waals surface area contributed by atoms with Crippen LogP contribution in [0.3, 0.4) is 0 Å². The zero-order valence-electron chi connectivity index (χ0n) is 39.7. The molecule has 61 heavy (non-hydrogen) atoms. The van der Waals surface area contributed by atoms with Crippen LogP contribution in [0.2, 0.25) is 0 Å². The van der Waals surface area contributed by atoms with E-state index < -0.39 is 6.10 Å². The van der Waals surface area contributed by atoms with Gasteiger partial charge in [-0.1, -0.05) is 196 Å². The number of rotatable bonds is 44. The molecule has 6 nitrogen and oxygen atoms in total. The minimum atomic E-state index is -0.805. The van der Waals surface area contributed by atoms with Crippen LogP contribution in [0, 0.1) is 0 Å². The molecule has 0 aromatic carbocycles. The molecule has 0 saturated heterocycles. The van der Waals surface area contributed by atoms with Gasteiger partial charge in [-0.05, 0) is 96.3 Å². The van der Waals surface area contributed by atoms with Crippen molar-refractivity contribution in [3.05, 3.63) is 85.1 Å². The van der Waals surface area contributed by atoms with Crippen molar-refractivity contribution in [1.82, 2.24) is 0 Å². The lowest BCUT2D eigenvalue weighted by atomic mass is 10.1. The smallest absolute Gasteiger partial charge is 0.306 e. The minimum absolute atomic E-state index is 0.102. The third kappa shape index (κ3) is 47.5. The van der Waals surface area contributed by atoms with Crippen LogP contribution in [-0.4, -0.2) is 37.2 Å². The molecule has 0 aliphatic rings. The van der Waals surface area contributed by atoms with E-state index in [9.17, 15) is 14.4 Å². The molecule has 0 aromatic rings. The third-order valence-electron chi connectivity index (χ3n) is 10.4. The standard InChI is InChI=1S/C55H92O6/c1-4-7-10-13-16-19-22-25-26-27-28-29-31-33-36-39-42-45-48-54(57)60-51-52(50-59-53(56)47-44-41-38-35-32-24-21-18-15-12-9-6-3)61-55(58)49-46-43-40-37-34-30-23-20-17-14-11-8-5-2/h8-9,11-12,14,17-18,20-21,23,28-29,32,35,52H,4-7,10,13,15-16,19,22,24-27,30-31,33-34,36-51H2,1-3H3/b11-8-,12-9-,17-14-,21-18-,23-20-,29-28-,35-32-. The molecule has 1 unspecified atom stereocenters. The van der Waals surface area contributed by atoms with Crippen LogP contribution in [0.1, 0.15) is 226 Å². The molecular formula is C55H92O6. The Morgan fingerprint density at radius 1 is 0.361 bits per heavy atom. The average molecular weight is 849 g/mol. The molecule has 0 aliphatic carbocycles. The first-order chi connectivity index (χ1) is 30.0. The molecule has 0 bridgehead atoms. The molecule has 0 spiro atoms. The Morgan fingerprint density at radius 3 is 1.23 bits per heavy atom. The predicted octanol–water partition coefficient (Wildman–Crippen LogP) is 16.4. The first-order valence-electron chi connectivity index (χ1n) is 25.1. The van der Waals surface area contributed by atoms with Crippen LogP contribution >= 0.6 is 0 Å². The Labute approximate surface area is 375 Å². The summed E-state index contributed by atoms with van der Waals surface area (Å²) >= 11 is 0. The second kappa shape index (κ2) is 49.2. The number of hydrogen-bond donors (Lipinski definition) is 0. The molecule has 0 saturated carbocycles. The summed E-state index contributed by atoms with van der Waals surface area (Å²) in [5.41, 5.74) is 0. The summed E-state index contributed by atoms with van der Waals surface area (Å²) < 4.78 is 16.7. The van der Waals surface area contributed by atoms with E-state index in [4.69, 9.17) is 14.2 Å². The molecule has 6 heteroatoms. The number of carbonyl (C=O) groups is 3. The quantitative estimate of drug-likeness (QED) is 0.0200. The number of hydrogen-bond acceptors (Lipinski definition) is 6. The lowest BCUT2D eigenvalue weighted by Gasteiger charge is -2.18. The lowest BCUT2D eigenvalue weighted by molar-refractivity contribution is -0.167. The highest BCUT2D eigenvalue weighted by Gasteiger charge is 2.19. The van der Waals surface area contributed by atoms with Gasteiger partial charge >= 0.3 is 17.9 Å². The van der Waals surface area contributed by atoms with Crippen molar-refractivity contribution in [2.45, 2.75) is 232 Å². The van der Waals surface area contributed by atoms with Crippen LogP contribution < -0.4 is 0 Å². The monoisotopic (exact) mass is 849 g/mol. The SMILES string of the molecule is CC\C=C/C=C\C=C/CCCCCCCC(=O)OC(COC(=O)CCCC/C=C\C/C=C\C/C=C\CC)COC(=O)CCCCCCC/C=C\CCCCCCCCCCC. The van der Waals surface area contributed by atoms with E-state index in [0.29, 0.717) is 19.3 Å². The van der Waals surface area contributed by atoms with Gasteiger partial charge in [0.05, 0.1) is 0 Å². The zero-order valence-corrected chi connectivity index (χ0v) is 39.7. The maximum Gasteiger partial charge on any atom is 0.306 e. The van der Waals surface area contributed by atoms with Gasteiger partial charge in [-0.3, -0.25) is 14.4 Å². The molecule has 0 heterocycles. The van der Waals surface area contributed by atoms with Crippen molar-refractivity contribution in [2.24, 2.45) is 0 Å². The molecule has 0 fully saturated rings. The molecule has 0 aromatic heterocycles. The number of carbonyl (C=O) groups excluding carboxylic acids is 3. The molecule has 0 amide bonds. The Bertz CT molecular complexity index is 1200. The summed E-state index contributed by atoms with van der Waals surface area (Å²) in [6.45, 7) is 6.32. The first kappa shape index (κ1) is 57.6. The number of unbranched alkanes of at least 4 members (excludes halogenated alkanes) is 21.